The molecule has 2 aromatic rings. The third-order valence-corrected chi connectivity index (χ3v) is 3.09. The molecule has 0 N–H and O–H groups in total. The zero-order valence-corrected chi connectivity index (χ0v) is 11.1. The van der Waals surface area contributed by atoms with E-state index in [1.54, 1.807) is 12.1 Å². The second-order valence-electron chi connectivity index (χ2n) is 4.42. The monoisotopic (exact) mass is 266 g/mol. The molecular weight excluding hydrogens is 252 g/mol. The molecule has 1 heterocycles. The highest BCUT2D eigenvalue weighted by Gasteiger charge is 2.29. The highest BCUT2D eigenvalue weighted by Crippen LogP contribution is 2.37. The van der Waals surface area contributed by atoms with Crippen molar-refractivity contribution in [3.63, 3.8) is 0 Å². The lowest BCUT2D eigenvalue weighted by atomic mass is 10.1. The van der Waals surface area contributed by atoms with Crippen molar-refractivity contribution in [3.05, 3.63) is 65.2 Å². The summed E-state index contributed by atoms with van der Waals surface area (Å²) in [6.07, 6.45) is 1.85. The number of benzene rings is 2. The molecule has 2 aromatic carbocycles. The first-order chi connectivity index (χ1) is 9.79. The summed E-state index contributed by atoms with van der Waals surface area (Å²) >= 11 is 0. The van der Waals surface area contributed by atoms with E-state index in [1.807, 2.05) is 49.4 Å². The molecule has 20 heavy (non-hydrogen) atoms. The van der Waals surface area contributed by atoms with E-state index in [9.17, 15) is 4.79 Å². The Morgan fingerprint density at radius 3 is 2.65 bits per heavy atom. The van der Waals surface area contributed by atoms with E-state index in [0.717, 1.165) is 11.1 Å². The summed E-state index contributed by atoms with van der Waals surface area (Å²) in [5.74, 6) is 0.891. The summed E-state index contributed by atoms with van der Waals surface area (Å²) in [7, 11) is 0. The third kappa shape index (κ3) is 2.18. The predicted octanol–water partition coefficient (Wildman–Crippen LogP) is 3.75. The number of rotatable bonds is 3. The van der Waals surface area contributed by atoms with Gasteiger partial charge >= 0.3 is 5.97 Å². The van der Waals surface area contributed by atoms with Crippen molar-refractivity contribution >= 4 is 17.8 Å². The van der Waals surface area contributed by atoms with Crippen LogP contribution in [-0.2, 0) is 4.74 Å². The van der Waals surface area contributed by atoms with E-state index in [2.05, 4.69) is 0 Å². The molecule has 0 radical (unpaired) electrons. The molecule has 100 valence electrons. The maximum Gasteiger partial charge on any atom is 0.344 e. The van der Waals surface area contributed by atoms with E-state index in [0.29, 0.717) is 23.7 Å². The molecule has 3 rings (SSSR count). The van der Waals surface area contributed by atoms with Crippen molar-refractivity contribution in [2.45, 2.75) is 6.92 Å². The zero-order chi connectivity index (χ0) is 13.9. The lowest BCUT2D eigenvalue weighted by Gasteiger charge is -2.07. The fraction of sp³-hybridized carbons (Fsp3) is 0.118. The van der Waals surface area contributed by atoms with Gasteiger partial charge in [0.05, 0.1) is 17.7 Å². The van der Waals surface area contributed by atoms with Crippen LogP contribution in [0.2, 0.25) is 0 Å². The first-order valence-corrected chi connectivity index (χ1v) is 6.54. The minimum absolute atomic E-state index is 0.330. The normalized spacial score (nSPS) is 15.1. The van der Waals surface area contributed by atoms with E-state index in [1.165, 1.54) is 0 Å². The molecule has 0 aromatic heterocycles. The summed E-state index contributed by atoms with van der Waals surface area (Å²) < 4.78 is 11.0. The summed E-state index contributed by atoms with van der Waals surface area (Å²) in [6, 6.07) is 15.2. The first-order valence-electron chi connectivity index (χ1n) is 6.54. The molecule has 1 aliphatic rings. The fourth-order valence-corrected chi connectivity index (χ4v) is 2.24. The van der Waals surface area contributed by atoms with Crippen molar-refractivity contribution in [2.75, 3.05) is 6.61 Å². The second kappa shape index (κ2) is 5.21. The molecule has 0 bridgehead atoms. The van der Waals surface area contributed by atoms with Crippen LogP contribution >= 0.6 is 0 Å². The van der Waals surface area contributed by atoms with Crippen molar-refractivity contribution in [1.29, 1.82) is 0 Å². The van der Waals surface area contributed by atoms with E-state index in [4.69, 9.17) is 9.47 Å². The molecule has 0 fully saturated rings. The number of carbonyl (C=O) groups excluding carboxylic acids is 1. The Hall–Kier alpha value is -2.55. The summed E-state index contributed by atoms with van der Waals surface area (Å²) in [6.45, 7) is 2.46. The molecule has 0 amide bonds. The molecule has 0 atom stereocenters. The van der Waals surface area contributed by atoms with Crippen LogP contribution in [0.4, 0.5) is 0 Å². The van der Waals surface area contributed by atoms with Crippen LogP contribution in [0.5, 0.6) is 5.75 Å². The van der Waals surface area contributed by atoms with Crippen LogP contribution < -0.4 is 4.74 Å². The topological polar surface area (TPSA) is 35.5 Å². The quantitative estimate of drug-likeness (QED) is 0.794. The van der Waals surface area contributed by atoms with Gasteiger partial charge in [0.25, 0.3) is 0 Å². The van der Waals surface area contributed by atoms with Gasteiger partial charge < -0.3 is 9.47 Å². The Morgan fingerprint density at radius 1 is 1.10 bits per heavy atom. The van der Waals surface area contributed by atoms with Gasteiger partial charge in [-0.05, 0) is 30.7 Å². The van der Waals surface area contributed by atoms with Crippen LogP contribution in [-0.4, -0.2) is 12.6 Å². The van der Waals surface area contributed by atoms with Gasteiger partial charge in [0.1, 0.15) is 11.5 Å². The molecule has 0 saturated heterocycles. The Morgan fingerprint density at radius 2 is 1.90 bits per heavy atom. The number of ether oxygens (including phenoxy) is 2. The van der Waals surface area contributed by atoms with Gasteiger partial charge in [-0.3, -0.25) is 0 Å². The number of hydrogen-bond donors (Lipinski definition) is 0. The van der Waals surface area contributed by atoms with Crippen molar-refractivity contribution < 1.29 is 14.3 Å². The predicted molar refractivity (Wildman–Crippen MR) is 77.3 cm³/mol. The molecule has 0 saturated carbocycles. The SMILES string of the molecule is CCOc1cccc2c1C(=Cc1ccccc1)OC2=O. The van der Waals surface area contributed by atoms with E-state index >= 15 is 0 Å². The minimum atomic E-state index is -0.330. The number of fused-ring (bicyclic) bond motifs is 1. The van der Waals surface area contributed by atoms with Crippen LogP contribution in [0, 0.1) is 0 Å². The summed E-state index contributed by atoms with van der Waals surface area (Å²) in [5.41, 5.74) is 2.27. The van der Waals surface area contributed by atoms with Crippen LogP contribution in [0.25, 0.3) is 11.8 Å². The Balaban J connectivity index is 2.10. The number of esters is 1. The molecule has 0 spiro atoms. The Kier molecular flexibility index (Phi) is 3.25. The highest BCUT2D eigenvalue weighted by atomic mass is 16.5. The van der Waals surface area contributed by atoms with Gasteiger partial charge in [-0.15, -0.1) is 0 Å². The highest BCUT2D eigenvalue weighted by molar-refractivity contribution is 6.07. The van der Waals surface area contributed by atoms with Crippen molar-refractivity contribution in [1.82, 2.24) is 0 Å². The van der Waals surface area contributed by atoms with Crippen molar-refractivity contribution in [3.8, 4) is 5.75 Å². The zero-order valence-electron chi connectivity index (χ0n) is 11.1. The summed E-state index contributed by atoms with van der Waals surface area (Å²) in [5, 5.41) is 0. The largest absolute Gasteiger partial charge is 0.493 e. The van der Waals surface area contributed by atoms with E-state index < -0.39 is 0 Å². The Labute approximate surface area is 117 Å². The van der Waals surface area contributed by atoms with Gasteiger partial charge in [-0.1, -0.05) is 36.4 Å². The summed E-state index contributed by atoms with van der Waals surface area (Å²) in [4.78, 5) is 11.9. The molecule has 1 aliphatic heterocycles. The average molecular weight is 266 g/mol. The van der Waals surface area contributed by atoms with Gasteiger partial charge in [-0.25, -0.2) is 4.79 Å². The smallest absolute Gasteiger partial charge is 0.344 e. The number of cyclic esters (lactones) is 1. The van der Waals surface area contributed by atoms with Gasteiger partial charge in [0.2, 0.25) is 0 Å². The number of carbonyl (C=O) groups is 1. The van der Waals surface area contributed by atoms with Crippen LogP contribution in [0.3, 0.4) is 0 Å². The molecule has 0 unspecified atom stereocenters. The lowest BCUT2D eigenvalue weighted by Crippen LogP contribution is -1.97. The third-order valence-electron chi connectivity index (χ3n) is 3.09. The minimum Gasteiger partial charge on any atom is -0.493 e. The maximum atomic E-state index is 11.9. The molecule has 0 aliphatic carbocycles. The van der Waals surface area contributed by atoms with Gasteiger partial charge in [0, 0.05) is 0 Å². The average Bonchev–Trinajstić information content (AvgIpc) is 2.78. The van der Waals surface area contributed by atoms with E-state index in [-0.39, 0.29) is 5.97 Å². The van der Waals surface area contributed by atoms with Crippen LogP contribution in [0.1, 0.15) is 28.4 Å². The van der Waals surface area contributed by atoms with Gasteiger partial charge in [-0.2, -0.15) is 0 Å². The second-order valence-corrected chi connectivity index (χ2v) is 4.42. The number of hydrogen-bond acceptors (Lipinski definition) is 3. The van der Waals surface area contributed by atoms with Crippen molar-refractivity contribution in [2.24, 2.45) is 0 Å². The van der Waals surface area contributed by atoms with Crippen LogP contribution in [0.15, 0.2) is 48.5 Å². The molecule has 3 nitrogen and oxygen atoms in total. The first kappa shape index (κ1) is 12.5. The molecular formula is C17H14O3. The Bertz CT molecular complexity index is 672. The molecule has 3 heteroatoms. The van der Waals surface area contributed by atoms with Gasteiger partial charge in [0.15, 0.2) is 0 Å². The fourth-order valence-electron chi connectivity index (χ4n) is 2.24. The standard InChI is InChI=1S/C17H14O3/c1-2-19-14-10-6-9-13-16(14)15(20-17(13)18)11-12-7-4-3-5-8-12/h3-11H,2H2,1H3. The lowest BCUT2D eigenvalue weighted by molar-refractivity contribution is 0.0717. The maximum absolute atomic E-state index is 11.9.